The number of rotatable bonds is 4. The number of unbranched alkanes of at least 4 members (excludes halogenated alkanes) is 1. The largest absolute Gasteiger partial charge is 0.384 e. The summed E-state index contributed by atoms with van der Waals surface area (Å²) in [6.45, 7) is 2.19. The average Bonchev–Trinajstić information content (AvgIpc) is 2.96. The van der Waals surface area contributed by atoms with Gasteiger partial charge in [0.1, 0.15) is 6.10 Å². The molecule has 0 saturated heterocycles. The van der Waals surface area contributed by atoms with Gasteiger partial charge in [-0.3, -0.25) is 0 Å². The van der Waals surface area contributed by atoms with Crippen LogP contribution in [0.15, 0.2) is 66.2 Å². The molecule has 0 spiro atoms. The first-order valence-corrected chi connectivity index (χ1v) is 8.79. The number of aliphatic hydroxyl groups excluding tert-OH is 1. The number of benzene rings is 3. The second-order valence-electron chi connectivity index (χ2n) is 6.56. The van der Waals surface area contributed by atoms with Gasteiger partial charge in [0.25, 0.3) is 0 Å². The van der Waals surface area contributed by atoms with Crippen LogP contribution in [0.4, 0.5) is 0 Å². The van der Waals surface area contributed by atoms with Crippen LogP contribution in [0.5, 0.6) is 0 Å². The lowest BCUT2D eigenvalue weighted by Gasteiger charge is -2.13. The van der Waals surface area contributed by atoms with Gasteiger partial charge < -0.3 is 5.11 Å². The minimum atomic E-state index is -0.443. The molecule has 3 aromatic rings. The molecule has 0 aromatic heterocycles. The van der Waals surface area contributed by atoms with Gasteiger partial charge in [-0.05, 0) is 51.4 Å². The average molecular weight is 314 g/mol. The molecule has 1 aliphatic carbocycles. The number of hydrogen-bond acceptors (Lipinski definition) is 1. The molecule has 24 heavy (non-hydrogen) atoms. The molecule has 1 aliphatic rings. The maximum atomic E-state index is 10.7. The van der Waals surface area contributed by atoms with Crippen molar-refractivity contribution >= 4 is 16.8 Å². The molecule has 120 valence electrons. The zero-order chi connectivity index (χ0) is 16.5. The van der Waals surface area contributed by atoms with E-state index in [0.29, 0.717) is 0 Å². The number of hydrogen-bond donors (Lipinski definition) is 1. The van der Waals surface area contributed by atoms with Gasteiger partial charge in [0.2, 0.25) is 0 Å². The van der Waals surface area contributed by atoms with Gasteiger partial charge >= 0.3 is 0 Å². The van der Waals surface area contributed by atoms with Crippen molar-refractivity contribution < 1.29 is 5.11 Å². The molecule has 4 rings (SSSR count). The Morgan fingerprint density at radius 3 is 2.50 bits per heavy atom. The summed E-state index contributed by atoms with van der Waals surface area (Å²) < 4.78 is 0. The van der Waals surface area contributed by atoms with E-state index in [-0.39, 0.29) is 0 Å². The van der Waals surface area contributed by atoms with E-state index in [1.54, 1.807) is 0 Å². The molecule has 0 saturated carbocycles. The van der Waals surface area contributed by atoms with E-state index in [4.69, 9.17) is 0 Å². The van der Waals surface area contributed by atoms with E-state index in [1.165, 1.54) is 27.5 Å². The molecule has 1 N–H and O–H groups in total. The van der Waals surface area contributed by atoms with Crippen molar-refractivity contribution in [2.24, 2.45) is 0 Å². The lowest BCUT2D eigenvalue weighted by molar-refractivity contribution is 0.215. The first kappa shape index (κ1) is 15.2. The molecule has 3 aromatic carbocycles. The summed E-state index contributed by atoms with van der Waals surface area (Å²) in [5, 5.41) is 13.2. The first-order chi connectivity index (χ1) is 11.8. The van der Waals surface area contributed by atoms with Gasteiger partial charge in [-0.15, -0.1) is 0 Å². The summed E-state index contributed by atoms with van der Waals surface area (Å²) in [6, 6.07) is 21.2. The van der Waals surface area contributed by atoms with Crippen molar-refractivity contribution in [3.63, 3.8) is 0 Å². The Balaban J connectivity index is 1.88. The Kier molecular flexibility index (Phi) is 3.95. The molecule has 1 unspecified atom stereocenters. The van der Waals surface area contributed by atoms with Gasteiger partial charge in [0.15, 0.2) is 0 Å². The molecule has 0 heterocycles. The van der Waals surface area contributed by atoms with E-state index in [2.05, 4.69) is 73.7 Å². The van der Waals surface area contributed by atoms with Crippen LogP contribution in [0.25, 0.3) is 28.0 Å². The summed E-state index contributed by atoms with van der Waals surface area (Å²) in [4.78, 5) is 0. The topological polar surface area (TPSA) is 20.2 Å². The van der Waals surface area contributed by atoms with E-state index < -0.39 is 6.10 Å². The smallest absolute Gasteiger partial charge is 0.101 e. The molecule has 1 heteroatoms. The SMILES string of the molecule is CCCCC1=Cc2c(-c3cccc4ccccc34)cccc2C1O. The maximum Gasteiger partial charge on any atom is 0.101 e. The molecule has 1 nitrogen and oxygen atoms in total. The van der Waals surface area contributed by atoms with Crippen molar-refractivity contribution in [2.75, 3.05) is 0 Å². The van der Waals surface area contributed by atoms with E-state index in [0.717, 1.165) is 30.4 Å². The van der Waals surface area contributed by atoms with Gasteiger partial charge in [-0.1, -0.05) is 80.1 Å². The van der Waals surface area contributed by atoms with Crippen LogP contribution < -0.4 is 0 Å². The molecular weight excluding hydrogens is 292 g/mol. The van der Waals surface area contributed by atoms with Crippen LogP contribution in [-0.4, -0.2) is 5.11 Å². The second kappa shape index (κ2) is 6.26. The fourth-order valence-corrected chi connectivity index (χ4v) is 3.73. The van der Waals surface area contributed by atoms with Crippen LogP contribution in [0.3, 0.4) is 0 Å². The molecule has 1 atom stereocenters. The van der Waals surface area contributed by atoms with E-state index in [1.807, 2.05) is 0 Å². The van der Waals surface area contributed by atoms with Crippen LogP contribution in [-0.2, 0) is 0 Å². The lowest BCUT2D eigenvalue weighted by atomic mass is 9.93. The van der Waals surface area contributed by atoms with Crippen molar-refractivity contribution in [3.8, 4) is 11.1 Å². The molecule has 0 amide bonds. The Labute approximate surface area is 143 Å². The highest BCUT2D eigenvalue weighted by Crippen LogP contribution is 2.42. The van der Waals surface area contributed by atoms with Gasteiger partial charge in [-0.25, -0.2) is 0 Å². The Hall–Kier alpha value is -2.38. The predicted octanol–water partition coefficient (Wildman–Crippen LogP) is 6.13. The minimum absolute atomic E-state index is 0.443. The standard InChI is InChI=1S/C23H22O/c1-2-3-8-17-15-22-20(13-7-14-21(22)23(17)24)19-12-6-10-16-9-4-5-11-18(16)19/h4-7,9-15,23-24H,2-3,8H2,1H3. The zero-order valence-electron chi connectivity index (χ0n) is 14.0. The number of aliphatic hydroxyl groups is 1. The van der Waals surface area contributed by atoms with Crippen LogP contribution >= 0.6 is 0 Å². The summed E-state index contributed by atoms with van der Waals surface area (Å²) in [5.41, 5.74) is 5.85. The van der Waals surface area contributed by atoms with Crippen molar-refractivity contribution in [3.05, 3.63) is 77.4 Å². The highest BCUT2D eigenvalue weighted by Gasteiger charge is 2.25. The Morgan fingerprint density at radius 1 is 0.875 bits per heavy atom. The van der Waals surface area contributed by atoms with Crippen LogP contribution in [0, 0.1) is 0 Å². The Bertz CT molecular complexity index is 915. The normalized spacial score (nSPS) is 16.2. The lowest BCUT2D eigenvalue weighted by Crippen LogP contribution is -1.97. The molecule has 0 aliphatic heterocycles. The highest BCUT2D eigenvalue weighted by molar-refractivity contribution is 5.99. The zero-order valence-corrected chi connectivity index (χ0v) is 14.0. The summed E-state index contributed by atoms with van der Waals surface area (Å²) in [6.07, 6.45) is 5.02. The third-order valence-electron chi connectivity index (χ3n) is 5.01. The summed E-state index contributed by atoms with van der Waals surface area (Å²) >= 11 is 0. The van der Waals surface area contributed by atoms with Crippen LogP contribution in [0.1, 0.15) is 43.4 Å². The maximum absolute atomic E-state index is 10.7. The van der Waals surface area contributed by atoms with Gasteiger partial charge in [0, 0.05) is 0 Å². The molecule has 0 radical (unpaired) electrons. The third-order valence-corrected chi connectivity index (χ3v) is 5.01. The van der Waals surface area contributed by atoms with Gasteiger partial charge in [-0.2, -0.15) is 0 Å². The van der Waals surface area contributed by atoms with Crippen molar-refractivity contribution in [1.29, 1.82) is 0 Å². The quantitative estimate of drug-likeness (QED) is 0.614. The fourth-order valence-electron chi connectivity index (χ4n) is 3.73. The molecule has 0 bridgehead atoms. The minimum Gasteiger partial charge on any atom is -0.384 e. The molecular formula is C23H22O. The van der Waals surface area contributed by atoms with Crippen molar-refractivity contribution in [2.45, 2.75) is 32.3 Å². The predicted molar refractivity (Wildman–Crippen MR) is 102 cm³/mol. The second-order valence-corrected chi connectivity index (χ2v) is 6.56. The van der Waals surface area contributed by atoms with Gasteiger partial charge in [0.05, 0.1) is 0 Å². The monoisotopic (exact) mass is 314 g/mol. The summed E-state index contributed by atoms with van der Waals surface area (Å²) in [7, 11) is 0. The van der Waals surface area contributed by atoms with E-state index >= 15 is 0 Å². The Morgan fingerprint density at radius 2 is 1.62 bits per heavy atom. The molecule has 0 fully saturated rings. The fraction of sp³-hybridized carbons (Fsp3) is 0.217. The first-order valence-electron chi connectivity index (χ1n) is 8.79. The van der Waals surface area contributed by atoms with Crippen molar-refractivity contribution in [1.82, 2.24) is 0 Å². The van der Waals surface area contributed by atoms with Crippen LogP contribution in [0.2, 0.25) is 0 Å². The highest BCUT2D eigenvalue weighted by atomic mass is 16.3. The van der Waals surface area contributed by atoms with E-state index in [9.17, 15) is 5.11 Å². The third kappa shape index (κ3) is 2.46. The number of fused-ring (bicyclic) bond motifs is 2. The summed E-state index contributed by atoms with van der Waals surface area (Å²) in [5.74, 6) is 0.